The number of hydrogen-bond donors (Lipinski definition) is 1. The van der Waals surface area contributed by atoms with Crippen molar-refractivity contribution in [3.63, 3.8) is 0 Å². The third-order valence-electron chi connectivity index (χ3n) is 3.48. The second-order valence-electron chi connectivity index (χ2n) is 5.44. The number of hydrogen-bond acceptors (Lipinski definition) is 4. The SMILES string of the molecule is C=CCc1cc(NC(=O)Cc2ccsc2)ccc1OCC1CO1. The molecule has 0 aliphatic carbocycles. The number of anilines is 1. The summed E-state index contributed by atoms with van der Waals surface area (Å²) in [6, 6.07) is 7.66. The van der Waals surface area contributed by atoms with Gasteiger partial charge in [0.1, 0.15) is 18.5 Å². The smallest absolute Gasteiger partial charge is 0.228 e. The zero-order chi connectivity index (χ0) is 16.1. The third kappa shape index (κ3) is 4.68. The van der Waals surface area contributed by atoms with Crippen LogP contribution in [0.15, 0.2) is 47.7 Å². The maximum absolute atomic E-state index is 12.1. The fraction of sp³-hybridized carbons (Fsp3) is 0.278. The van der Waals surface area contributed by atoms with Gasteiger partial charge in [-0.15, -0.1) is 6.58 Å². The summed E-state index contributed by atoms with van der Waals surface area (Å²) in [5.41, 5.74) is 2.81. The van der Waals surface area contributed by atoms with Crippen molar-refractivity contribution in [3.8, 4) is 5.75 Å². The van der Waals surface area contributed by atoms with E-state index in [1.165, 1.54) is 0 Å². The van der Waals surface area contributed by atoms with Crippen LogP contribution in [-0.4, -0.2) is 25.2 Å². The highest BCUT2D eigenvalue weighted by Crippen LogP contribution is 2.25. The molecule has 1 aromatic heterocycles. The molecule has 3 rings (SSSR count). The Morgan fingerprint density at radius 3 is 3.04 bits per heavy atom. The van der Waals surface area contributed by atoms with Gasteiger partial charge in [0, 0.05) is 5.69 Å². The van der Waals surface area contributed by atoms with E-state index in [4.69, 9.17) is 9.47 Å². The lowest BCUT2D eigenvalue weighted by molar-refractivity contribution is -0.115. The van der Waals surface area contributed by atoms with Crippen molar-refractivity contribution in [1.29, 1.82) is 0 Å². The number of benzene rings is 1. The van der Waals surface area contributed by atoms with Crippen molar-refractivity contribution in [2.24, 2.45) is 0 Å². The molecule has 1 aromatic carbocycles. The van der Waals surface area contributed by atoms with Gasteiger partial charge in [0.25, 0.3) is 0 Å². The van der Waals surface area contributed by atoms with E-state index < -0.39 is 0 Å². The lowest BCUT2D eigenvalue weighted by atomic mass is 10.1. The van der Waals surface area contributed by atoms with Gasteiger partial charge in [0.15, 0.2) is 0 Å². The molecule has 1 atom stereocenters. The standard InChI is InChI=1S/C18H19NO3S/c1-2-3-14-9-15(4-5-17(14)22-11-16-10-21-16)19-18(20)8-13-6-7-23-12-13/h2,4-7,9,12,16H,1,3,8,10-11H2,(H,19,20). The van der Waals surface area contributed by atoms with Crippen LogP contribution in [0.2, 0.25) is 0 Å². The number of epoxide rings is 1. The average Bonchev–Trinajstić information content (AvgIpc) is 3.22. The van der Waals surface area contributed by atoms with Crippen molar-refractivity contribution in [1.82, 2.24) is 0 Å². The number of thiophene rings is 1. The molecular weight excluding hydrogens is 310 g/mol. The summed E-state index contributed by atoms with van der Waals surface area (Å²) >= 11 is 1.59. The number of nitrogens with one attached hydrogen (secondary N) is 1. The quantitative estimate of drug-likeness (QED) is 0.596. The van der Waals surface area contributed by atoms with E-state index >= 15 is 0 Å². The first-order chi connectivity index (χ1) is 11.2. The van der Waals surface area contributed by atoms with Crippen molar-refractivity contribution < 1.29 is 14.3 Å². The summed E-state index contributed by atoms with van der Waals surface area (Å²) in [6.07, 6.45) is 3.12. The minimum absolute atomic E-state index is 0.0204. The first-order valence-electron chi connectivity index (χ1n) is 7.54. The predicted molar refractivity (Wildman–Crippen MR) is 92.2 cm³/mol. The molecule has 120 valence electrons. The Hall–Kier alpha value is -2.11. The molecule has 1 fully saturated rings. The van der Waals surface area contributed by atoms with E-state index in [0.717, 1.165) is 29.2 Å². The lowest BCUT2D eigenvalue weighted by Crippen LogP contribution is -2.14. The fourth-order valence-electron chi connectivity index (χ4n) is 2.24. The van der Waals surface area contributed by atoms with Gasteiger partial charge >= 0.3 is 0 Å². The Labute approximate surface area is 139 Å². The molecule has 1 aliphatic rings. The van der Waals surface area contributed by atoms with Crippen LogP contribution in [-0.2, 0) is 22.4 Å². The van der Waals surface area contributed by atoms with E-state index in [2.05, 4.69) is 11.9 Å². The Bertz CT molecular complexity index is 678. The molecule has 1 unspecified atom stereocenters. The van der Waals surface area contributed by atoms with E-state index in [1.54, 1.807) is 11.3 Å². The Balaban J connectivity index is 1.65. The predicted octanol–water partition coefficient (Wildman–Crippen LogP) is 3.44. The van der Waals surface area contributed by atoms with Gasteiger partial charge in [-0.25, -0.2) is 0 Å². The van der Waals surface area contributed by atoms with Gasteiger partial charge in [0.05, 0.1) is 13.0 Å². The molecule has 0 saturated carbocycles. The van der Waals surface area contributed by atoms with Crippen LogP contribution in [0.25, 0.3) is 0 Å². The minimum atomic E-state index is -0.0204. The number of ether oxygens (including phenoxy) is 2. The Morgan fingerprint density at radius 1 is 1.48 bits per heavy atom. The van der Waals surface area contributed by atoms with Crippen molar-refractivity contribution >= 4 is 22.9 Å². The molecule has 1 amide bonds. The average molecular weight is 329 g/mol. The summed E-state index contributed by atoms with van der Waals surface area (Å²) in [6.45, 7) is 5.11. The van der Waals surface area contributed by atoms with Crippen LogP contribution in [0.1, 0.15) is 11.1 Å². The molecule has 23 heavy (non-hydrogen) atoms. The largest absolute Gasteiger partial charge is 0.490 e. The normalized spacial score (nSPS) is 15.9. The van der Waals surface area contributed by atoms with Gasteiger partial charge in [-0.3, -0.25) is 4.79 Å². The van der Waals surface area contributed by atoms with Crippen LogP contribution in [0.5, 0.6) is 5.75 Å². The summed E-state index contributed by atoms with van der Waals surface area (Å²) in [5.74, 6) is 0.796. The van der Waals surface area contributed by atoms with Gasteiger partial charge in [-0.1, -0.05) is 6.08 Å². The van der Waals surface area contributed by atoms with E-state index in [0.29, 0.717) is 19.4 Å². The molecule has 0 radical (unpaired) electrons. The molecule has 4 nitrogen and oxygen atoms in total. The topological polar surface area (TPSA) is 50.9 Å². The Kier molecular flexibility index (Phi) is 5.10. The summed E-state index contributed by atoms with van der Waals surface area (Å²) in [7, 11) is 0. The van der Waals surface area contributed by atoms with Crippen LogP contribution < -0.4 is 10.1 Å². The number of carbonyl (C=O) groups excluding carboxylic acids is 1. The zero-order valence-electron chi connectivity index (χ0n) is 12.8. The monoisotopic (exact) mass is 329 g/mol. The third-order valence-corrected chi connectivity index (χ3v) is 4.21. The molecule has 1 saturated heterocycles. The molecule has 2 heterocycles. The minimum Gasteiger partial charge on any atom is -0.490 e. The van der Waals surface area contributed by atoms with Crippen molar-refractivity contribution in [2.75, 3.05) is 18.5 Å². The van der Waals surface area contributed by atoms with Gasteiger partial charge < -0.3 is 14.8 Å². The maximum Gasteiger partial charge on any atom is 0.228 e. The molecule has 0 spiro atoms. The Morgan fingerprint density at radius 2 is 2.35 bits per heavy atom. The van der Waals surface area contributed by atoms with Crippen LogP contribution in [0.4, 0.5) is 5.69 Å². The summed E-state index contributed by atoms with van der Waals surface area (Å²) < 4.78 is 10.9. The highest BCUT2D eigenvalue weighted by molar-refractivity contribution is 7.08. The number of rotatable bonds is 8. The molecule has 2 aromatic rings. The molecule has 1 aliphatic heterocycles. The summed E-state index contributed by atoms with van der Waals surface area (Å²) in [5, 5.41) is 6.89. The van der Waals surface area contributed by atoms with Crippen molar-refractivity contribution in [2.45, 2.75) is 18.9 Å². The van der Waals surface area contributed by atoms with E-state index in [9.17, 15) is 4.79 Å². The number of amides is 1. The van der Waals surface area contributed by atoms with Gasteiger partial charge in [-0.05, 0) is 52.6 Å². The van der Waals surface area contributed by atoms with E-state index in [-0.39, 0.29) is 12.0 Å². The second-order valence-corrected chi connectivity index (χ2v) is 6.22. The highest BCUT2D eigenvalue weighted by Gasteiger charge is 2.23. The second kappa shape index (κ2) is 7.44. The zero-order valence-corrected chi connectivity index (χ0v) is 13.6. The highest BCUT2D eigenvalue weighted by atomic mass is 32.1. The van der Waals surface area contributed by atoms with Gasteiger partial charge in [0.2, 0.25) is 5.91 Å². The first-order valence-corrected chi connectivity index (χ1v) is 8.48. The van der Waals surface area contributed by atoms with Crippen LogP contribution in [0, 0.1) is 0 Å². The van der Waals surface area contributed by atoms with Crippen molar-refractivity contribution in [3.05, 3.63) is 58.8 Å². The summed E-state index contributed by atoms with van der Waals surface area (Å²) in [4.78, 5) is 12.1. The van der Waals surface area contributed by atoms with Crippen LogP contribution >= 0.6 is 11.3 Å². The van der Waals surface area contributed by atoms with E-state index in [1.807, 2.05) is 41.1 Å². The lowest BCUT2D eigenvalue weighted by Gasteiger charge is -2.12. The molecule has 5 heteroatoms. The first kappa shape index (κ1) is 15.8. The number of allylic oxidation sites excluding steroid dienone is 1. The maximum atomic E-state index is 12.1. The molecular formula is C18H19NO3S. The molecule has 1 N–H and O–H groups in total. The van der Waals surface area contributed by atoms with Gasteiger partial charge in [-0.2, -0.15) is 11.3 Å². The fourth-order valence-corrected chi connectivity index (χ4v) is 2.91. The van der Waals surface area contributed by atoms with Crippen LogP contribution in [0.3, 0.4) is 0 Å². The number of carbonyl (C=O) groups is 1. The molecule has 0 bridgehead atoms.